The van der Waals surface area contributed by atoms with Gasteiger partial charge in [0.2, 0.25) is 6.43 Å². The Bertz CT molecular complexity index is 292. The zero-order valence-corrected chi connectivity index (χ0v) is 8.37. The normalized spacial score (nSPS) is 33.9. The first-order valence-corrected chi connectivity index (χ1v) is 4.59. The van der Waals surface area contributed by atoms with E-state index in [1.54, 1.807) is 0 Å². The molecule has 0 saturated heterocycles. The average molecular weight is 222 g/mol. The van der Waals surface area contributed by atoms with E-state index in [-0.39, 0.29) is 6.61 Å². The van der Waals surface area contributed by atoms with Crippen molar-refractivity contribution in [3.8, 4) is 0 Å². The van der Waals surface area contributed by atoms with Gasteiger partial charge in [0.15, 0.2) is 5.41 Å². The molecule has 3 atom stereocenters. The maximum Gasteiger partial charge on any atom is 0.324 e. The van der Waals surface area contributed by atoms with Gasteiger partial charge in [0.25, 0.3) is 0 Å². The Hall–Kier alpha value is -1.20. The van der Waals surface area contributed by atoms with E-state index in [1.807, 2.05) is 0 Å². The van der Waals surface area contributed by atoms with Crippen LogP contribution in [0.4, 0.5) is 8.78 Å². The predicted molar refractivity (Wildman–Crippen MR) is 45.4 cm³/mol. The number of aliphatic carboxylic acids is 1. The minimum absolute atomic E-state index is 0.0173. The van der Waals surface area contributed by atoms with Crippen LogP contribution in [0.25, 0.3) is 0 Å². The molecule has 0 radical (unpaired) electrons. The van der Waals surface area contributed by atoms with Crippen LogP contribution < -0.4 is 0 Å². The number of hydrogen-bond donors (Lipinski definition) is 1. The van der Waals surface area contributed by atoms with Crippen LogP contribution in [0.3, 0.4) is 0 Å². The molecule has 1 saturated carbocycles. The van der Waals surface area contributed by atoms with E-state index >= 15 is 0 Å². The second-order valence-electron chi connectivity index (χ2n) is 3.54. The number of carboxylic acids is 1. The Morgan fingerprint density at radius 2 is 2.07 bits per heavy atom. The number of carbonyl (C=O) groups excluding carboxylic acids is 1. The molecule has 0 spiro atoms. The molecule has 1 aliphatic rings. The van der Waals surface area contributed by atoms with Gasteiger partial charge in [-0.05, 0) is 12.8 Å². The number of rotatable bonds is 4. The van der Waals surface area contributed by atoms with Crippen LogP contribution in [0.5, 0.6) is 0 Å². The average Bonchev–Trinajstić information content (AvgIpc) is 2.73. The molecular formula is C9H12F2O4. The molecule has 0 amide bonds. The molecule has 1 aliphatic carbocycles. The van der Waals surface area contributed by atoms with Gasteiger partial charge in [0, 0.05) is 0 Å². The summed E-state index contributed by atoms with van der Waals surface area (Å²) in [5.74, 6) is -4.91. The van der Waals surface area contributed by atoms with Crippen LogP contribution in [0.15, 0.2) is 0 Å². The third kappa shape index (κ3) is 1.48. The van der Waals surface area contributed by atoms with Crippen molar-refractivity contribution in [1.82, 2.24) is 0 Å². The number of carbonyl (C=O) groups is 2. The van der Waals surface area contributed by atoms with E-state index in [9.17, 15) is 18.4 Å². The number of ether oxygens (including phenoxy) is 1. The third-order valence-corrected chi connectivity index (χ3v) is 2.91. The molecule has 86 valence electrons. The molecule has 6 heteroatoms. The first-order chi connectivity index (χ1) is 6.90. The standard InChI is InChI=1S/C9H12F2O4/c1-3-15-8(14)9(7(12)13)4(2)5(9)6(10)11/h4-6H,3H2,1-2H3,(H,12,13)/t4-,5?,9+/m0/s1. The van der Waals surface area contributed by atoms with Crippen LogP contribution in [0.1, 0.15) is 13.8 Å². The molecule has 1 fully saturated rings. The second kappa shape index (κ2) is 3.75. The largest absolute Gasteiger partial charge is 0.480 e. The molecule has 15 heavy (non-hydrogen) atoms. The lowest BCUT2D eigenvalue weighted by Gasteiger charge is -2.10. The van der Waals surface area contributed by atoms with Crippen molar-refractivity contribution in [1.29, 1.82) is 0 Å². The predicted octanol–water partition coefficient (Wildman–Crippen LogP) is 1.15. The first-order valence-electron chi connectivity index (χ1n) is 4.59. The summed E-state index contributed by atoms with van der Waals surface area (Å²) < 4.78 is 29.4. The maximum absolute atomic E-state index is 12.5. The summed E-state index contributed by atoms with van der Waals surface area (Å²) in [6.07, 6.45) is -2.82. The SMILES string of the molecule is CCOC(=O)[C@@]1(C(=O)O)C(C(F)F)[C@@H]1C. The van der Waals surface area contributed by atoms with Crippen LogP contribution in [-0.4, -0.2) is 30.1 Å². The Morgan fingerprint density at radius 3 is 2.33 bits per heavy atom. The Balaban J connectivity index is 2.94. The van der Waals surface area contributed by atoms with Gasteiger partial charge in [0.1, 0.15) is 0 Å². The van der Waals surface area contributed by atoms with Crippen LogP contribution >= 0.6 is 0 Å². The lowest BCUT2D eigenvalue weighted by Crippen LogP contribution is -2.32. The van der Waals surface area contributed by atoms with Gasteiger partial charge in [-0.25, -0.2) is 8.78 Å². The summed E-state index contributed by atoms with van der Waals surface area (Å²) in [5, 5.41) is 8.86. The van der Waals surface area contributed by atoms with Gasteiger partial charge in [-0.15, -0.1) is 0 Å². The van der Waals surface area contributed by atoms with Crippen molar-refractivity contribution in [3.63, 3.8) is 0 Å². The van der Waals surface area contributed by atoms with Gasteiger partial charge >= 0.3 is 11.9 Å². The molecule has 1 unspecified atom stereocenters. The highest BCUT2D eigenvalue weighted by Crippen LogP contribution is 2.62. The minimum atomic E-state index is -2.82. The van der Waals surface area contributed by atoms with Crippen molar-refractivity contribution in [2.24, 2.45) is 17.3 Å². The van der Waals surface area contributed by atoms with Crippen molar-refractivity contribution in [2.45, 2.75) is 20.3 Å². The van der Waals surface area contributed by atoms with Gasteiger partial charge < -0.3 is 9.84 Å². The number of hydrogen-bond acceptors (Lipinski definition) is 3. The lowest BCUT2D eigenvalue weighted by atomic mass is 10.0. The molecule has 0 aromatic rings. The lowest BCUT2D eigenvalue weighted by molar-refractivity contribution is -0.163. The van der Waals surface area contributed by atoms with Gasteiger partial charge in [-0.1, -0.05) is 6.92 Å². The molecule has 0 aromatic carbocycles. The van der Waals surface area contributed by atoms with E-state index < -0.39 is 35.6 Å². The number of carboxylic acid groups (broad SMARTS) is 1. The van der Waals surface area contributed by atoms with E-state index in [1.165, 1.54) is 13.8 Å². The van der Waals surface area contributed by atoms with Crippen LogP contribution in [0.2, 0.25) is 0 Å². The highest BCUT2D eigenvalue weighted by molar-refractivity contribution is 6.03. The summed E-state index contributed by atoms with van der Waals surface area (Å²) in [4.78, 5) is 22.2. The fraction of sp³-hybridized carbons (Fsp3) is 0.778. The van der Waals surface area contributed by atoms with E-state index in [0.29, 0.717) is 0 Å². The molecular weight excluding hydrogens is 210 g/mol. The van der Waals surface area contributed by atoms with Crippen molar-refractivity contribution in [2.75, 3.05) is 6.61 Å². The highest BCUT2D eigenvalue weighted by atomic mass is 19.3. The zero-order chi connectivity index (χ0) is 11.8. The topological polar surface area (TPSA) is 63.6 Å². The molecule has 0 aromatic heterocycles. The molecule has 0 heterocycles. The summed E-state index contributed by atoms with van der Waals surface area (Å²) in [5.41, 5.74) is -2.04. The Morgan fingerprint density at radius 1 is 1.53 bits per heavy atom. The molecule has 1 N–H and O–H groups in total. The van der Waals surface area contributed by atoms with Crippen LogP contribution in [0, 0.1) is 17.3 Å². The van der Waals surface area contributed by atoms with Crippen molar-refractivity contribution < 1.29 is 28.2 Å². The number of esters is 1. The Kier molecular flexibility index (Phi) is 2.97. The molecule has 0 aliphatic heterocycles. The summed E-state index contributed by atoms with van der Waals surface area (Å²) in [7, 11) is 0. The smallest absolute Gasteiger partial charge is 0.324 e. The fourth-order valence-corrected chi connectivity index (χ4v) is 2.01. The zero-order valence-electron chi connectivity index (χ0n) is 8.37. The van der Waals surface area contributed by atoms with E-state index in [2.05, 4.69) is 4.74 Å². The van der Waals surface area contributed by atoms with E-state index in [0.717, 1.165) is 0 Å². The van der Waals surface area contributed by atoms with Crippen LogP contribution in [-0.2, 0) is 14.3 Å². The minimum Gasteiger partial charge on any atom is -0.480 e. The van der Waals surface area contributed by atoms with Gasteiger partial charge in [0.05, 0.1) is 12.5 Å². The monoisotopic (exact) mass is 222 g/mol. The summed E-state index contributed by atoms with van der Waals surface area (Å²) in [6, 6.07) is 0. The second-order valence-corrected chi connectivity index (χ2v) is 3.54. The van der Waals surface area contributed by atoms with Crippen molar-refractivity contribution >= 4 is 11.9 Å². The third-order valence-electron chi connectivity index (χ3n) is 2.91. The van der Waals surface area contributed by atoms with Crippen molar-refractivity contribution in [3.05, 3.63) is 0 Å². The quantitative estimate of drug-likeness (QED) is 0.572. The number of halogens is 2. The number of alkyl halides is 2. The summed E-state index contributed by atoms with van der Waals surface area (Å²) in [6.45, 7) is 2.80. The highest BCUT2D eigenvalue weighted by Gasteiger charge is 2.77. The summed E-state index contributed by atoms with van der Waals surface area (Å²) >= 11 is 0. The van der Waals surface area contributed by atoms with E-state index in [4.69, 9.17) is 5.11 Å². The Labute approximate surface area is 85.2 Å². The molecule has 0 bridgehead atoms. The molecule has 4 nitrogen and oxygen atoms in total. The molecule has 1 rings (SSSR count). The van der Waals surface area contributed by atoms with Gasteiger partial charge in [-0.2, -0.15) is 0 Å². The van der Waals surface area contributed by atoms with Gasteiger partial charge in [-0.3, -0.25) is 9.59 Å². The fourth-order valence-electron chi connectivity index (χ4n) is 2.01. The maximum atomic E-state index is 12.5. The first kappa shape index (κ1) is 11.9.